The first-order chi connectivity index (χ1) is 19.0. The molecule has 2 aliphatic carbocycles. The van der Waals surface area contributed by atoms with Crippen LogP contribution in [0.5, 0.6) is 11.5 Å². The number of thioether (sulfide) groups is 1. The molecule has 206 valence electrons. The van der Waals surface area contributed by atoms with Gasteiger partial charge in [0.2, 0.25) is 0 Å². The van der Waals surface area contributed by atoms with Crippen molar-refractivity contribution in [2.45, 2.75) is 82.9 Å². The van der Waals surface area contributed by atoms with Crippen LogP contribution in [0.1, 0.15) is 85.7 Å². The number of carboxylic acid groups (broad SMARTS) is 1. The number of methoxy groups -OCH3 is 1. The monoisotopic (exact) mass is 547 g/mol. The van der Waals surface area contributed by atoms with Gasteiger partial charge in [0, 0.05) is 6.04 Å². The summed E-state index contributed by atoms with van der Waals surface area (Å²) in [6.45, 7) is 0.260. The third-order valence-electron chi connectivity index (χ3n) is 7.71. The van der Waals surface area contributed by atoms with Crippen molar-refractivity contribution in [3.05, 3.63) is 64.1 Å². The smallest absolute Gasteiger partial charge is 0.266 e. The maximum absolute atomic E-state index is 13.7. The van der Waals surface area contributed by atoms with Gasteiger partial charge in [-0.05, 0) is 72.3 Å². The highest BCUT2D eigenvalue weighted by Gasteiger charge is 2.39. The van der Waals surface area contributed by atoms with E-state index in [1.165, 1.54) is 49.6 Å². The minimum atomic E-state index is -1.21. The van der Waals surface area contributed by atoms with Crippen molar-refractivity contribution in [2.24, 2.45) is 4.99 Å². The normalized spacial score (nSPS) is 21.1. The quantitative estimate of drug-likeness (QED) is 0.401. The molecule has 7 nitrogen and oxygen atoms in total. The number of benzene rings is 2. The van der Waals surface area contributed by atoms with Crippen LogP contribution >= 0.6 is 11.8 Å². The molecule has 1 heterocycles. The number of carboxylic acids is 1. The standard InChI is InChI=1S/C31H36N2O5S/c1-37-27-18-22(14-17-26(27)38-20-21-12-15-23(16-13-21)30(35)36)19-28-29(34)33(25-10-6-3-7-11-25)31(39-28)32-24-8-4-2-5-9-24/h12-19,24-25H,2-11,20H2,1H3,(H,35,36)/p-1/b28-19+,32-31?. The molecule has 1 saturated heterocycles. The Balaban J connectivity index is 1.33. The molecule has 2 saturated carbocycles. The highest BCUT2D eigenvalue weighted by atomic mass is 32.2. The van der Waals surface area contributed by atoms with Crippen LogP contribution < -0.4 is 14.6 Å². The van der Waals surface area contributed by atoms with Crippen LogP contribution in [0, 0.1) is 0 Å². The van der Waals surface area contributed by atoms with E-state index in [1.807, 2.05) is 29.2 Å². The molecule has 5 rings (SSSR count). The molecule has 0 unspecified atom stereocenters. The number of nitrogens with zero attached hydrogens (tertiary/aromatic N) is 2. The van der Waals surface area contributed by atoms with Gasteiger partial charge in [-0.25, -0.2) is 0 Å². The number of ether oxygens (including phenoxy) is 2. The van der Waals surface area contributed by atoms with Crippen LogP contribution in [0.25, 0.3) is 6.08 Å². The number of carbonyl (C=O) groups excluding carboxylic acids is 2. The Hall–Kier alpha value is -3.26. The first kappa shape index (κ1) is 27.3. The summed E-state index contributed by atoms with van der Waals surface area (Å²) in [4.78, 5) is 32.4. The zero-order valence-corrected chi connectivity index (χ0v) is 23.2. The number of rotatable bonds is 8. The van der Waals surface area contributed by atoms with E-state index in [4.69, 9.17) is 14.5 Å². The summed E-state index contributed by atoms with van der Waals surface area (Å²) in [5.41, 5.74) is 1.81. The van der Waals surface area contributed by atoms with Gasteiger partial charge < -0.3 is 19.4 Å². The highest BCUT2D eigenvalue weighted by molar-refractivity contribution is 8.18. The lowest BCUT2D eigenvalue weighted by atomic mass is 9.94. The van der Waals surface area contributed by atoms with E-state index < -0.39 is 5.97 Å². The van der Waals surface area contributed by atoms with Crippen LogP contribution in [0.3, 0.4) is 0 Å². The van der Waals surface area contributed by atoms with Crippen molar-refractivity contribution in [1.29, 1.82) is 0 Å². The number of aromatic carboxylic acids is 1. The zero-order valence-electron chi connectivity index (χ0n) is 22.4. The van der Waals surface area contributed by atoms with Gasteiger partial charge in [-0.3, -0.25) is 14.7 Å². The average Bonchev–Trinajstić information content (AvgIpc) is 3.27. The lowest BCUT2D eigenvalue weighted by Gasteiger charge is -2.31. The Morgan fingerprint density at radius 3 is 2.36 bits per heavy atom. The highest BCUT2D eigenvalue weighted by Crippen LogP contribution is 2.39. The second-order valence-corrected chi connectivity index (χ2v) is 11.5. The number of carbonyl (C=O) groups is 2. The number of hydrogen-bond donors (Lipinski definition) is 0. The molecule has 2 aromatic rings. The largest absolute Gasteiger partial charge is 0.545 e. The number of aliphatic imine (C=N–C) groups is 1. The molecule has 3 fully saturated rings. The fourth-order valence-corrected chi connectivity index (χ4v) is 6.66. The third-order valence-corrected chi connectivity index (χ3v) is 8.71. The average molecular weight is 548 g/mol. The molecule has 2 aromatic carbocycles. The lowest BCUT2D eigenvalue weighted by Crippen LogP contribution is -2.41. The SMILES string of the molecule is COc1cc(/C=C2/SC(=NC3CCCCC3)N(C3CCCCC3)C2=O)ccc1OCc1ccc(C(=O)[O-])cc1. The molecule has 1 aliphatic heterocycles. The third kappa shape index (κ3) is 6.67. The molecule has 0 N–H and O–H groups in total. The molecule has 0 aromatic heterocycles. The van der Waals surface area contributed by atoms with Gasteiger partial charge in [-0.1, -0.05) is 68.9 Å². The van der Waals surface area contributed by atoms with Crippen LogP contribution in [-0.2, 0) is 11.4 Å². The van der Waals surface area contributed by atoms with Gasteiger partial charge in [-0.2, -0.15) is 0 Å². The summed E-state index contributed by atoms with van der Waals surface area (Å²) >= 11 is 1.51. The Kier molecular flexibility index (Phi) is 8.91. The summed E-state index contributed by atoms with van der Waals surface area (Å²) in [6.07, 6.45) is 13.5. The number of amides is 1. The molecule has 0 spiro atoms. The summed E-state index contributed by atoms with van der Waals surface area (Å²) in [5, 5.41) is 11.8. The minimum Gasteiger partial charge on any atom is -0.545 e. The fourth-order valence-electron chi connectivity index (χ4n) is 5.55. The van der Waals surface area contributed by atoms with Crippen molar-refractivity contribution in [3.63, 3.8) is 0 Å². The van der Waals surface area contributed by atoms with E-state index in [0.29, 0.717) is 22.4 Å². The Labute approximate surface area is 234 Å². The Morgan fingerprint density at radius 2 is 1.69 bits per heavy atom. The van der Waals surface area contributed by atoms with Crippen molar-refractivity contribution in [1.82, 2.24) is 4.90 Å². The second kappa shape index (κ2) is 12.7. The fraction of sp³-hybridized carbons (Fsp3) is 0.452. The van der Waals surface area contributed by atoms with Crippen molar-refractivity contribution in [3.8, 4) is 11.5 Å². The maximum atomic E-state index is 13.7. The van der Waals surface area contributed by atoms with E-state index in [9.17, 15) is 14.7 Å². The minimum absolute atomic E-state index is 0.0563. The van der Waals surface area contributed by atoms with E-state index >= 15 is 0 Å². The molecule has 0 bridgehead atoms. The Morgan fingerprint density at radius 1 is 1.00 bits per heavy atom. The van der Waals surface area contributed by atoms with Crippen molar-refractivity contribution >= 4 is 34.9 Å². The lowest BCUT2D eigenvalue weighted by molar-refractivity contribution is -0.255. The van der Waals surface area contributed by atoms with E-state index in [0.717, 1.165) is 54.8 Å². The topological polar surface area (TPSA) is 91.3 Å². The zero-order chi connectivity index (χ0) is 27.2. The summed E-state index contributed by atoms with van der Waals surface area (Å²) < 4.78 is 11.5. The van der Waals surface area contributed by atoms with Crippen LogP contribution in [0.15, 0.2) is 52.4 Å². The second-order valence-electron chi connectivity index (χ2n) is 10.5. The predicted molar refractivity (Wildman–Crippen MR) is 152 cm³/mol. The maximum Gasteiger partial charge on any atom is 0.266 e. The Bertz CT molecular complexity index is 1240. The molecule has 0 radical (unpaired) electrons. The number of hydrogen-bond acceptors (Lipinski definition) is 7. The summed E-state index contributed by atoms with van der Waals surface area (Å²) in [6, 6.07) is 12.6. The van der Waals surface area contributed by atoms with Gasteiger partial charge in [0.1, 0.15) is 6.61 Å². The van der Waals surface area contributed by atoms with E-state index in [2.05, 4.69) is 0 Å². The van der Waals surface area contributed by atoms with Crippen LogP contribution in [-0.4, -0.2) is 41.1 Å². The van der Waals surface area contributed by atoms with Gasteiger partial charge >= 0.3 is 0 Å². The first-order valence-corrected chi connectivity index (χ1v) is 14.8. The van der Waals surface area contributed by atoms with Crippen LogP contribution in [0.2, 0.25) is 0 Å². The molecule has 39 heavy (non-hydrogen) atoms. The molecule has 3 aliphatic rings. The molecular weight excluding hydrogens is 512 g/mol. The molecule has 8 heteroatoms. The van der Waals surface area contributed by atoms with Crippen LogP contribution in [0.4, 0.5) is 0 Å². The number of amidine groups is 1. The van der Waals surface area contributed by atoms with E-state index in [-0.39, 0.29) is 24.1 Å². The predicted octanol–water partition coefficient (Wildman–Crippen LogP) is 5.58. The van der Waals surface area contributed by atoms with Gasteiger partial charge in [0.25, 0.3) is 5.91 Å². The van der Waals surface area contributed by atoms with Crippen molar-refractivity contribution in [2.75, 3.05) is 7.11 Å². The molecule has 1 amide bonds. The van der Waals surface area contributed by atoms with Gasteiger partial charge in [0.15, 0.2) is 16.7 Å². The first-order valence-electron chi connectivity index (χ1n) is 13.9. The van der Waals surface area contributed by atoms with Gasteiger partial charge in [-0.15, -0.1) is 0 Å². The molecular formula is C31H35N2O5S-. The summed E-state index contributed by atoms with van der Waals surface area (Å²) in [7, 11) is 1.59. The molecule has 0 atom stereocenters. The summed E-state index contributed by atoms with van der Waals surface area (Å²) in [5.74, 6) is -0.0217. The van der Waals surface area contributed by atoms with Gasteiger partial charge in [0.05, 0.1) is 24.0 Å². The van der Waals surface area contributed by atoms with E-state index in [1.54, 1.807) is 19.2 Å². The van der Waals surface area contributed by atoms with Crippen molar-refractivity contribution < 1.29 is 24.2 Å².